The van der Waals surface area contributed by atoms with E-state index in [0.29, 0.717) is 31.6 Å². The molecule has 1 atom stereocenters. The molecule has 33 heavy (non-hydrogen) atoms. The molecule has 2 amide bonds. The highest BCUT2D eigenvalue weighted by Crippen LogP contribution is 2.20. The predicted molar refractivity (Wildman–Crippen MR) is 132 cm³/mol. The summed E-state index contributed by atoms with van der Waals surface area (Å²) in [5.74, 6) is -0.346. The van der Waals surface area contributed by atoms with E-state index in [2.05, 4.69) is 5.32 Å². The number of nitrogens with zero attached hydrogens (tertiary/aromatic N) is 2. The number of aryl methyl sites for hydroxylation is 1. The van der Waals surface area contributed by atoms with Gasteiger partial charge in [0.05, 0.1) is 11.9 Å². The number of benzene rings is 2. The van der Waals surface area contributed by atoms with E-state index in [0.717, 1.165) is 17.4 Å². The molecule has 0 bridgehead atoms. The van der Waals surface area contributed by atoms with Crippen LogP contribution >= 0.6 is 0 Å². The maximum absolute atomic E-state index is 13.3. The van der Waals surface area contributed by atoms with E-state index in [-0.39, 0.29) is 24.8 Å². The van der Waals surface area contributed by atoms with Crippen LogP contribution in [0.15, 0.2) is 54.6 Å². The Kier molecular flexibility index (Phi) is 9.91. The first-order valence-corrected chi connectivity index (χ1v) is 13.2. The third-order valence-electron chi connectivity index (χ3n) is 5.54. The number of carbonyl (C=O) groups excluding carboxylic acids is 2. The molecule has 0 aliphatic carbocycles. The molecule has 0 fully saturated rings. The van der Waals surface area contributed by atoms with Gasteiger partial charge >= 0.3 is 0 Å². The van der Waals surface area contributed by atoms with Crippen LogP contribution in [0.1, 0.15) is 44.2 Å². The van der Waals surface area contributed by atoms with Crippen LogP contribution in [0.2, 0.25) is 0 Å². The molecule has 0 aliphatic heterocycles. The fourth-order valence-electron chi connectivity index (χ4n) is 3.78. The van der Waals surface area contributed by atoms with Crippen LogP contribution in [-0.4, -0.2) is 50.5 Å². The lowest BCUT2D eigenvalue weighted by atomic mass is 10.1. The number of sulfonamides is 1. The molecule has 0 saturated heterocycles. The summed E-state index contributed by atoms with van der Waals surface area (Å²) in [6.07, 6.45) is 2.13. The smallest absolute Gasteiger partial charge is 0.242 e. The molecule has 2 aromatic rings. The monoisotopic (exact) mass is 473 g/mol. The molecular weight excluding hydrogens is 438 g/mol. The Balaban J connectivity index is 2.19. The number of anilines is 1. The van der Waals surface area contributed by atoms with Crippen LogP contribution in [-0.2, 0) is 26.2 Å². The number of likely N-dealkylation sites (N-methyl/N-ethyl adjacent to an activating group) is 1. The highest BCUT2D eigenvalue weighted by molar-refractivity contribution is 7.92. The lowest BCUT2D eigenvalue weighted by Gasteiger charge is -2.31. The highest BCUT2D eigenvalue weighted by Gasteiger charge is 2.28. The van der Waals surface area contributed by atoms with E-state index in [9.17, 15) is 18.0 Å². The molecule has 0 radical (unpaired) electrons. The van der Waals surface area contributed by atoms with Crippen LogP contribution in [0, 0.1) is 6.92 Å². The Labute approximate surface area is 197 Å². The summed E-state index contributed by atoms with van der Waals surface area (Å²) in [6, 6.07) is 16.1. The van der Waals surface area contributed by atoms with Crippen LogP contribution < -0.4 is 9.62 Å². The summed E-state index contributed by atoms with van der Waals surface area (Å²) in [5.41, 5.74) is 2.60. The minimum absolute atomic E-state index is 0.140. The number of nitrogens with one attached hydrogen (secondary N) is 1. The van der Waals surface area contributed by atoms with Crippen molar-refractivity contribution >= 4 is 27.5 Å². The second-order valence-electron chi connectivity index (χ2n) is 8.04. The molecule has 0 unspecified atom stereocenters. The standard InChI is InChI=1S/C25H35N3O4S/c1-5-23(25(30)26-6-2)27(19-21-14-11-10-13-20(21)3)24(29)17-12-18-28(33(4,31)32)22-15-8-7-9-16-22/h7-11,13-16,23H,5-6,12,17-19H2,1-4H3,(H,26,30)/t23-/m1/s1. The second-order valence-corrected chi connectivity index (χ2v) is 9.95. The van der Waals surface area contributed by atoms with Crippen molar-refractivity contribution in [3.8, 4) is 0 Å². The van der Waals surface area contributed by atoms with Gasteiger partial charge in [0.1, 0.15) is 6.04 Å². The number of hydrogen-bond acceptors (Lipinski definition) is 4. The summed E-state index contributed by atoms with van der Waals surface area (Å²) >= 11 is 0. The van der Waals surface area contributed by atoms with Crippen LogP contribution in [0.4, 0.5) is 5.69 Å². The Morgan fingerprint density at radius 3 is 2.21 bits per heavy atom. The van der Waals surface area contributed by atoms with Gasteiger partial charge in [-0.25, -0.2) is 8.42 Å². The van der Waals surface area contributed by atoms with E-state index in [4.69, 9.17) is 0 Å². The first-order valence-electron chi connectivity index (χ1n) is 11.3. The number of carbonyl (C=O) groups is 2. The Hall–Kier alpha value is -2.87. The average molecular weight is 474 g/mol. The molecule has 0 saturated carbocycles. The van der Waals surface area contributed by atoms with E-state index in [1.165, 1.54) is 4.31 Å². The molecule has 180 valence electrons. The maximum atomic E-state index is 13.3. The van der Waals surface area contributed by atoms with Gasteiger partial charge in [-0.05, 0) is 49.9 Å². The molecule has 0 spiro atoms. The fourth-order valence-corrected chi connectivity index (χ4v) is 4.75. The topological polar surface area (TPSA) is 86.8 Å². The second kappa shape index (κ2) is 12.4. The van der Waals surface area contributed by atoms with Crippen LogP contribution in [0.25, 0.3) is 0 Å². The summed E-state index contributed by atoms with van der Waals surface area (Å²) < 4.78 is 25.9. The third-order valence-corrected chi connectivity index (χ3v) is 6.73. The van der Waals surface area contributed by atoms with Crippen molar-refractivity contribution in [2.45, 2.75) is 52.6 Å². The van der Waals surface area contributed by atoms with E-state index >= 15 is 0 Å². The molecule has 0 aliphatic rings. The fraction of sp³-hybridized carbons (Fsp3) is 0.440. The number of rotatable bonds is 12. The first kappa shape index (κ1) is 26.4. The van der Waals surface area contributed by atoms with Gasteiger partial charge in [-0.3, -0.25) is 13.9 Å². The van der Waals surface area contributed by atoms with Crippen molar-refractivity contribution in [2.75, 3.05) is 23.7 Å². The lowest BCUT2D eigenvalue weighted by Crippen LogP contribution is -2.49. The number of para-hydroxylation sites is 1. The zero-order valence-electron chi connectivity index (χ0n) is 20.0. The first-order chi connectivity index (χ1) is 15.7. The van der Waals surface area contributed by atoms with Gasteiger partial charge in [0.2, 0.25) is 21.8 Å². The quantitative estimate of drug-likeness (QED) is 0.511. The van der Waals surface area contributed by atoms with Crippen molar-refractivity contribution < 1.29 is 18.0 Å². The van der Waals surface area contributed by atoms with Gasteiger partial charge in [-0.1, -0.05) is 49.4 Å². The van der Waals surface area contributed by atoms with Crippen molar-refractivity contribution in [3.63, 3.8) is 0 Å². The molecule has 1 N–H and O–H groups in total. The third kappa shape index (κ3) is 7.60. The molecular formula is C25H35N3O4S. The Bertz CT molecular complexity index is 1020. The van der Waals surface area contributed by atoms with Crippen molar-refractivity contribution in [1.29, 1.82) is 0 Å². The summed E-state index contributed by atoms with van der Waals surface area (Å²) in [7, 11) is -3.49. The van der Waals surface area contributed by atoms with Gasteiger partial charge in [-0.2, -0.15) is 0 Å². The molecule has 0 aromatic heterocycles. The Morgan fingerprint density at radius 1 is 1.00 bits per heavy atom. The van der Waals surface area contributed by atoms with Gasteiger partial charge < -0.3 is 10.2 Å². The number of hydrogen-bond donors (Lipinski definition) is 1. The SMILES string of the molecule is CCNC(=O)[C@@H](CC)N(Cc1ccccc1C)C(=O)CCCN(c1ccccc1)S(C)(=O)=O. The van der Waals surface area contributed by atoms with Gasteiger partial charge in [0.25, 0.3) is 0 Å². The average Bonchev–Trinajstić information content (AvgIpc) is 2.77. The zero-order valence-corrected chi connectivity index (χ0v) is 20.8. The van der Waals surface area contributed by atoms with Crippen LogP contribution in [0.3, 0.4) is 0 Å². The maximum Gasteiger partial charge on any atom is 0.242 e. The minimum Gasteiger partial charge on any atom is -0.355 e. The predicted octanol–water partition coefficient (Wildman–Crippen LogP) is 3.48. The summed E-state index contributed by atoms with van der Waals surface area (Å²) in [4.78, 5) is 27.6. The summed E-state index contributed by atoms with van der Waals surface area (Å²) in [6.45, 7) is 6.72. The zero-order chi connectivity index (χ0) is 24.4. The van der Waals surface area contributed by atoms with E-state index < -0.39 is 16.1 Å². The minimum atomic E-state index is -3.49. The van der Waals surface area contributed by atoms with Gasteiger partial charge in [0, 0.05) is 26.1 Å². The number of amides is 2. The molecule has 2 rings (SSSR count). The van der Waals surface area contributed by atoms with Crippen molar-refractivity contribution in [2.24, 2.45) is 0 Å². The van der Waals surface area contributed by atoms with E-state index in [1.807, 2.05) is 51.1 Å². The molecule has 7 nitrogen and oxygen atoms in total. The molecule has 8 heteroatoms. The Morgan fingerprint density at radius 2 is 1.64 bits per heavy atom. The van der Waals surface area contributed by atoms with Crippen LogP contribution in [0.5, 0.6) is 0 Å². The van der Waals surface area contributed by atoms with Gasteiger partial charge in [-0.15, -0.1) is 0 Å². The van der Waals surface area contributed by atoms with Crippen molar-refractivity contribution in [1.82, 2.24) is 10.2 Å². The normalized spacial score (nSPS) is 12.1. The van der Waals surface area contributed by atoms with Crippen molar-refractivity contribution in [3.05, 3.63) is 65.7 Å². The molecule has 2 aromatic carbocycles. The van der Waals surface area contributed by atoms with E-state index in [1.54, 1.807) is 29.2 Å². The summed E-state index contributed by atoms with van der Waals surface area (Å²) in [5, 5.41) is 2.83. The molecule has 0 heterocycles. The largest absolute Gasteiger partial charge is 0.355 e. The van der Waals surface area contributed by atoms with Gasteiger partial charge in [0.15, 0.2) is 0 Å². The highest BCUT2D eigenvalue weighted by atomic mass is 32.2. The lowest BCUT2D eigenvalue weighted by molar-refractivity contribution is -0.141.